The number of benzene rings is 1. The highest BCUT2D eigenvalue weighted by Crippen LogP contribution is 2.31. The zero-order valence-corrected chi connectivity index (χ0v) is 16.8. The maximum atomic E-state index is 11.1. The van der Waals surface area contributed by atoms with Gasteiger partial charge in [0.2, 0.25) is 0 Å². The van der Waals surface area contributed by atoms with Crippen molar-refractivity contribution in [3.63, 3.8) is 0 Å². The van der Waals surface area contributed by atoms with E-state index in [9.17, 15) is 5.11 Å². The van der Waals surface area contributed by atoms with Gasteiger partial charge in [0.1, 0.15) is 6.10 Å². The van der Waals surface area contributed by atoms with Gasteiger partial charge in [-0.3, -0.25) is 9.88 Å². The molecule has 2 aromatic rings. The van der Waals surface area contributed by atoms with E-state index in [4.69, 9.17) is 9.47 Å². The van der Waals surface area contributed by atoms with E-state index in [-0.39, 0.29) is 24.5 Å². The molecule has 4 rings (SSSR count). The zero-order valence-electron chi connectivity index (χ0n) is 16.8. The summed E-state index contributed by atoms with van der Waals surface area (Å²) in [7, 11) is 6.12. The Morgan fingerprint density at radius 2 is 2.04 bits per heavy atom. The highest BCUT2D eigenvalue weighted by atomic mass is 16.7. The highest BCUT2D eigenvalue weighted by Gasteiger charge is 2.51. The Morgan fingerprint density at radius 1 is 1.21 bits per heavy atom. The van der Waals surface area contributed by atoms with Gasteiger partial charge in [-0.2, -0.15) is 0 Å². The minimum absolute atomic E-state index is 0.132. The lowest BCUT2D eigenvalue weighted by atomic mass is 9.95. The molecule has 2 aliphatic heterocycles. The summed E-state index contributed by atoms with van der Waals surface area (Å²) < 4.78 is 11.9. The molecule has 7 nitrogen and oxygen atoms in total. The molecule has 2 bridgehead atoms. The van der Waals surface area contributed by atoms with E-state index in [0.717, 1.165) is 29.6 Å². The van der Waals surface area contributed by atoms with Gasteiger partial charge in [-0.25, -0.2) is 0 Å². The number of hydrogen-bond acceptors (Lipinski definition) is 7. The van der Waals surface area contributed by atoms with Crippen LogP contribution in [0.3, 0.4) is 0 Å². The summed E-state index contributed by atoms with van der Waals surface area (Å²) in [5, 5.41) is 15.7. The lowest BCUT2D eigenvalue weighted by Crippen LogP contribution is -2.64. The Labute approximate surface area is 166 Å². The molecule has 2 fully saturated rings. The number of rotatable bonds is 7. The van der Waals surface area contributed by atoms with Crippen LogP contribution in [0.5, 0.6) is 0 Å². The molecule has 7 heteroatoms. The number of nitrogens with zero attached hydrogens (tertiary/aromatic N) is 3. The van der Waals surface area contributed by atoms with Gasteiger partial charge in [-0.1, -0.05) is 18.2 Å². The van der Waals surface area contributed by atoms with Crippen LogP contribution < -0.4 is 5.32 Å². The summed E-state index contributed by atoms with van der Waals surface area (Å²) in [5.74, 6) is 0. The summed E-state index contributed by atoms with van der Waals surface area (Å²) in [6.45, 7) is 2.88. The predicted octanol–water partition coefficient (Wildman–Crippen LogP) is 0.671. The number of aliphatic hydroxyl groups is 1. The van der Waals surface area contributed by atoms with E-state index >= 15 is 0 Å². The number of aromatic nitrogens is 1. The molecule has 2 aliphatic rings. The largest absolute Gasteiger partial charge is 0.390 e. The van der Waals surface area contributed by atoms with Crippen LogP contribution in [0.4, 0.5) is 0 Å². The van der Waals surface area contributed by atoms with E-state index < -0.39 is 6.10 Å². The first kappa shape index (κ1) is 19.7. The molecule has 1 aromatic carbocycles. The van der Waals surface area contributed by atoms with E-state index in [1.165, 1.54) is 0 Å². The van der Waals surface area contributed by atoms with Crippen molar-refractivity contribution in [1.82, 2.24) is 20.1 Å². The first-order chi connectivity index (χ1) is 13.5. The minimum Gasteiger partial charge on any atom is -0.390 e. The molecule has 0 aliphatic carbocycles. The number of para-hydroxylation sites is 1. The Hall–Kier alpha value is -1.61. The fourth-order valence-electron chi connectivity index (χ4n) is 4.08. The fourth-order valence-corrected chi connectivity index (χ4v) is 4.08. The summed E-state index contributed by atoms with van der Waals surface area (Å²) in [6, 6.07) is 9.85. The summed E-state index contributed by atoms with van der Waals surface area (Å²) in [5.41, 5.74) is 2.08. The molecule has 152 valence electrons. The summed E-state index contributed by atoms with van der Waals surface area (Å²) in [6.07, 6.45) is 0.825. The minimum atomic E-state index is -0.563. The molecule has 0 unspecified atom stereocenters. The van der Waals surface area contributed by atoms with Crippen LogP contribution in [0.15, 0.2) is 36.5 Å². The quantitative estimate of drug-likeness (QED) is 0.725. The number of nitrogens with one attached hydrogen (secondary N) is 1. The molecule has 0 amide bonds. The van der Waals surface area contributed by atoms with E-state index in [2.05, 4.69) is 32.2 Å². The van der Waals surface area contributed by atoms with Crippen LogP contribution in [0.25, 0.3) is 10.9 Å². The Balaban J connectivity index is 1.44. The second-order valence-electron chi connectivity index (χ2n) is 8.08. The van der Waals surface area contributed by atoms with Gasteiger partial charge < -0.3 is 24.8 Å². The van der Waals surface area contributed by atoms with Crippen molar-refractivity contribution in [2.45, 2.75) is 37.1 Å². The van der Waals surface area contributed by atoms with Crippen molar-refractivity contribution in [3.8, 4) is 0 Å². The highest BCUT2D eigenvalue weighted by molar-refractivity contribution is 5.78. The maximum absolute atomic E-state index is 11.1. The van der Waals surface area contributed by atoms with Crippen molar-refractivity contribution in [2.24, 2.45) is 0 Å². The molecule has 2 saturated heterocycles. The molecule has 28 heavy (non-hydrogen) atoms. The third-order valence-electron chi connectivity index (χ3n) is 5.73. The molecule has 2 N–H and O–H groups in total. The third-order valence-corrected chi connectivity index (χ3v) is 5.73. The Morgan fingerprint density at radius 3 is 2.86 bits per heavy atom. The number of ether oxygens (including phenoxy) is 2. The van der Waals surface area contributed by atoms with Crippen molar-refractivity contribution in [2.75, 3.05) is 40.8 Å². The van der Waals surface area contributed by atoms with E-state index in [0.29, 0.717) is 13.2 Å². The standard InChI is InChI=1S/C21H30N4O3/c1-24(2)8-9-25(3)19-20(26)18(17-13-27-21(19)28-17)23-12-14-10-15-6-4-5-7-16(15)22-11-14/h4-7,10-11,17-21,23,26H,8-9,12-13H2,1-3H3/t17-,18-,19-,20+,21-/m1/s1. The second-order valence-corrected chi connectivity index (χ2v) is 8.08. The first-order valence-electron chi connectivity index (χ1n) is 9.90. The van der Waals surface area contributed by atoms with Crippen molar-refractivity contribution in [3.05, 3.63) is 42.1 Å². The van der Waals surface area contributed by atoms with Gasteiger partial charge in [0.25, 0.3) is 0 Å². The molecule has 0 saturated carbocycles. The molecule has 0 spiro atoms. The average molecular weight is 386 g/mol. The maximum Gasteiger partial charge on any atom is 0.176 e. The number of aliphatic hydroxyl groups excluding tert-OH is 1. The molecule has 3 heterocycles. The van der Waals surface area contributed by atoms with Gasteiger partial charge in [0, 0.05) is 31.2 Å². The monoisotopic (exact) mass is 386 g/mol. The molecule has 0 radical (unpaired) electrons. The molecular weight excluding hydrogens is 356 g/mol. The molecule has 1 aromatic heterocycles. The van der Waals surface area contributed by atoms with Crippen molar-refractivity contribution >= 4 is 10.9 Å². The lowest BCUT2D eigenvalue weighted by Gasteiger charge is -2.43. The predicted molar refractivity (Wildman–Crippen MR) is 108 cm³/mol. The topological polar surface area (TPSA) is 70.1 Å². The van der Waals surface area contributed by atoms with Gasteiger partial charge >= 0.3 is 0 Å². The Kier molecular flexibility index (Phi) is 5.91. The van der Waals surface area contributed by atoms with E-state index in [1.54, 1.807) is 0 Å². The molecule has 5 atom stereocenters. The van der Waals surface area contributed by atoms with Gasteiger partial charge in [0.15, 0.2) is 6.29 Å². The van der Waals surface area contributed by atoms with Gasteiger partial charge in [0.05, 0.1) is 30.3 Å². The summed E-state index contributed by atoms with van der Waals surface area (Å²) in [4.78, 5) is 8.80. The summed E-state index contributed by atoms with van der Waals surface area (Å²) >= 11 is 0. The van der Waals surface area contributed by atoms with Gasteiger partial charge in [-0.05, 0) is 38.8 Å². The van der Waals surface area contributed by atoms with Crippen LogP contribution in [0.2, 0.25) is 0 Å². The number of hydrogen-bond donors (Lipinski definition) is 2. The Bertz CT molecular complexity index is 802. The number of likely N-dealkylation sites (N-methyl/N-ethyl adjacent to an activating group) is 2. The van der Waals surface area contributed by atoms with Crippen LogP contribution >= 0.6 is 0 Å². The number of pyridine rings is 1. The first-order valence-corrected chi connectivity index (χ1v) is 9.90. The van der Waals surface area contributed by atoms with Crippen molar-refractivity contribution in [1.29, 1.82) is 0 Å². The van der Waals surface area contributed by atoms with Crippen LogP contribution in [-0.2, 0) is 16.0 Å². The SMILES string of the molecule is CN(C)CCN(C)[C@H]1[C@@H]2OC[C@@H](O2)[C@@H](NCc2cnc3ccccc3c2)[C@@H]1O. The average Bonchev–Trinajstić information content (AvgIpc) is 3.11. The van der Waals surface area contributed by atoms with Crippen LogP contribution in [0, 0.1) is 0 Å². The number of fused-ring (bicyclic) bond motifs is 3. The smallest absolute Gasteiger partial charge is 0.176 e. The van der Waals surface area contributed by atoms with Gasteiger partial charge in [-0.15, -0.1) is 0 Å². The van der Waals surface area contributed by atoms with Crippen LogP contribution in [-0.4, -0.2) is 91.3 Å². The molecular formula is C21H30N4O3. The zero-order chi connectivity index (χ0) is 19.7. The van der Waals surface area contributed by atoms with E-state index in [1.807, 2.05) is 45.5 Å². The fraction of sp³-hybridized carbons (Fsp3) is 0.571. The van der Waals surface area contributed by atoms with Crippen LogP contribution in [0.1, 0.15) is 5.56 Å². The third kappa shape index (κ3) is 4.05. The lowest BCUT2D eigenvalue weighted by molar-refractivity contribution is -0.179. The van der Waals surface area contributed by atoms with Crippen molar-refractivity contribution < 1.29 is 14.6 Å². The normalized spacial score (nSPS) is 29.9. The second kappa shape index (κ2) is 8.41.